The molecule has 6 heteroatoms. The number of rotatable bonds is 7. The molecule has 0 fully saturated rings. The van der Waals surface area contributed by atoms with E-state index in [1.165, 1.54) is 11.4 Å². The largest absolute Gasteiger partial charge is 0.492 e. The molecule has 2 aromatic heterocycles. The van der Waals surface area contributed by atoms with Gasteiger partial charge in [-0.05, 0) is 48.6 Å². The van der Waals surface area contributed by atoms with E-state index in [0.29, 0.717) is 12.5 Å². The predicted octanol–water partition coefficient (Wildman–Crippen LogP) is 5.55. The molecule has 5 nitrogen and oxygen atoms in total. The van der Waals surface area contributed by atoms with E-state index in [4.69, 9.17) is 4.74 Å². The van der Waals surface area contributed by atoms with Crippen molar-refractivity contribution in [1.82, 2.24) is 9.97 Å². The van der Waals surface area contributed by atoms with Crippen molar-refractivity contribution in [2.24, 2.45) is 5.92 Å². The number of carbonyl (C=O) groups is 1. The molecule has 0 radical (unpaired) electrons. The lowest BCUT2D eigenvalue weighted by Crippen LogP contribution is -2.40. The molecule has 1 amide bonds. The molecule has 3 rings (SSSR count). The van der Waals surface area contributed by atoms with E-state index in [1.807, 2.05) is 6.92 Å². The van der Waals surface area contributed by atoms with Gasteiger partial charge in [-0.25, -0.2) is 4.98 Å². The first-order valence-electron chi connectivity index (χ1n) is 10.7. The van der Waals surface area contributed by atoms with Crippen molar-refractivity contribution in [2.45, 2.75) is 47.3 Å². The van der Waals surface area contributed by atoms with Crippen molar-refractivity contribution < 1.29 is 9.53 Å². The van der Waals surface area contributed by atoms with Gasteiger partial charge in [-0.15, -0.1) is 0 Å². The van der Waals surface area contributed by atoms with Crippen LogP contribution in [0.4, 0.5) is 5.69 Å². The number of ether oxygens (including phenoxy) is 1. The Morgan fingerprint density at radius 2 is 2.00 bits per heavy atom. The molecule has 0 unspecified atom stereocenters. The molecule has 164 valence electrons. The van der Waals surface area contributed by atoms with E-state index in [0.717, 1.165) is 44.7 Å². The first kappa shape index (κ1) is 22.8. The number of fused-ring (bicyclic) bond motifs is 1. The number of nitrogens with one attached hydrogen (secondary N) is 2. The number of amides is 1. The molecule has 0 bridgehead atoms. The molecule has 31 heavy (non-hydrogen) atoms. The zero-order valence-electron chi connectivity index (χ0n) is 19.6. The SMILES string of the molecule is C=CC(=O)Nc1c(C)ccc(-c2c([Si](C)(C)C)[nH]c3ncc(OCC(C)C)cc23)c1C. The third-order valence-electron chi connectivity index (χ3n) is 5.33. The van der Waals surface area contributed by atoms with Crippen molar-refractivity contribution in [1.29, 1.82) is 0 Å². The second-order valence-corrected chi connectivity index (χ2v) is 14.5. The standard InChI is InChI=1S/C25H33N3O2Si/c1-9-21(29)27-23-16(4)10-11-19(17(23)5)22-20-12-18(30-14-15(2)3)13-26-24(20)28-25(22)31(6,7)8/h9-13,15H,1,14H2,2-8H3,(H,26,28)(H,27,29). The smallest absolute Gasteiger partial charge is 0.247 e. The summed E-state index contributed by atoms with van der Waals surface area (Å²) in [5.74, 6) is 1.00. The summed E-state index contributed by atoms with van der Waals surface area (Å²) in [5, 5.41) is 5.27. The van der Waals surface area contributed by atoms with Crippen LogP contribution in [-0.2, 0) is 4.79 Å². The summed E-state index contributed by atoms with van der Waals surface area (Å²) >= 11 is 0. The molecular weight excluding hydrogens is 402 g/mol. The van der Waals surface area contributed by atoms with Crippen LogP contribution in [0.3, 0.4) is 0 Å². The maximum absolute atomic E-state index is 12.0. The molecule has 0 saturated heterocycles. The Labute approximate surface area is 185 Å². The van der Waals surface area contributed by atoms with Crippen LogP contribution in [-0.4, -0.2) is 30.6 Å². The Hall–Kier alpha value is -2.86. The number of hydrogen-bond donors (Lipinski definition) is 2. The molecular formula is C25H33N3O2Si. The average molecular weight is 436 g/mol. The summed E-state index contributed by atoms with van der Waals surface area (Å²) in [4.78, 5) is 20.3. The van der Waals surface area contributed by atoms with Crippen molar-refractivity contribution in [2.75, 3.05) is 11.9 Å². The Bertz CT molecular complexity index is 1140. The average Bonchev–Trinajstić information content (AvgIpc) is 3.08. The number of nitrogens with zero attached hydrogens (tertiary/aromatic N) is 1. The van der Waals surface area contributed by atoms with Crippen LogP contribution in [0, 0.1) is 19.8 Å². The monoisotopic (exact) mass is 435 g/mol. The topological polar surface area (TPSA) is 67.0 Å². The third-order valence-corrected chi connectivity index (χ3v) is 7.21. The van der Waals surface area contributed by atoms with Gasteiger partial charge in [0.05, 0.1) is 20.9 Å². The van der Waals surface area contributed by atoms with Crippen molar-refractivity contribution >= 4 is 36.0 Å². The minimum absolute atomic E-state index is 0.210. The number of aryl methyl sites for hydroxylation is 1. The number of pyridine rings is 1. The van der Waals surface area contributed by atoms with Crippen molar-refractivity contribution in [3.63, 3.8) is 0 Å². The lowest BCUT2D eigenvalue weighted by molar-refractivity contribution is -0.111. The van der Waals surface area contributed by atoms with Crippen LogP contribution in [0.25, 0.3) is 22.2 Å². The van der Waals surface area contributed by atoms with Crippen LogP contribution >= 0.6 is 0 Å². The lowest BCUT2D eigenvalue weighted by Gasteiger charge is -2.20. The van der Waals surface area contributed by atoms with Crippen molar-refractivity contribution in [3.8, 4) is 16.9 Å². The molecule has 2 heterocycles. The van der Waals surface area contributed by atoms with Gasteiger partial charge in [0.25, 0.3) is 0 Å². The number of aromatic amines is 1. The van der Waals surface area contributed by atoms with Gasteiger partial charge in [-0.3, -0.25) is 4.79 Å². The number of H-pyrrole nitrogens is 1. The second kappa shape index (κ2) is 8.71. The number of anilines is 1. The summed E-state index contributed by atoms with van der Waals surface area (Å²) in [5.41, 5.74) is 5.99. The zero-order chi connectivity index (χ0) is 22.9. The third kappa shape index (κ3) is 4.74. The fourth-order valence-corrected chi connectivity index (χ4v) is 5.23. The Kier molecular flexibility index (Phi) is 6.41. The van der Waals surface area contributed by atoms with Gasteiger partial charge in [-0.2, -0.15) is 0 Å². The maximum atomic E-state index is 12.0. The summed E-state index contributed by atoms with van der Waals surface area (Å²) in [7, 11) is -1.73. The highest BCUT2D eigenvalue weighted by Gasteiger charge is 2.27. The number of benzene rings is 1. The van der Waals surface area contributed by atoms with Crippen LogP contribution in [0.5, 0.6) is 5.75 Å². The Morgan fingerprint density at radius 3 is 2.61 bits per heavy atom. The zero-order valence-corrected chi connectivity index (χ0v) is 20.6. The van der Waals surface area contributed by atoms with Crippen molar-refractivity contribution in [3.05, 3.63) is 48.2 Å². The quantitative estimate of drug-likeness (QED) is 0.378. The fraction of sp³-hybridized carbons (Fsp3) is 0.360. The van der Waals surface area contributed by atoms with Gasteiger partial charge >= 0.3 is 0 Å². The predicted molar refractivity (Wildman–Crippen MR) is 133 cm³/mol. The van der Waals surface area contributed by atoms with E-state index in [2.05, 4.69) is 80.5 Å². The normalized spacial score (nSPS) is 11.7. The van der Waals surface area contributed by atoms with E-state index < -0.39 is 8.07 Å². The van der Waals surface area contributed by atoms with Gasteiger partial charge in [0, 0.05) is 22.0 Å². The van der Waals surface area contributed by atoms with Gasteiger partial charge in [0.1, 0.15) is 11.4 Å². The molecule has 0 aliphatic rings. The lowest BCUT2D eigenvalue weighted by atomic mass is 9.96. The van der Waals surface area contributed by atoms with E-state index >= 15 is 0 Å². The van der Waals surface area contributed by atoms with E-state index in [1.54, 1.807) is 6.20 Å². The molecule has 0 aliphatic heterocycles. The summed E-state index contributed by atoms with van der Waals surface area (Å²) < 4.78 is 5.97. The fourth-order valence-electron chi connectivity index (χ4n) is 3.72. The summed E-state index contributed by atoms with van der Waals surface area (Å²) in [6.07, 6.45) is 3.09. The molecule has 0 aliphatic carbocycles. The molecule has 0 spiro atoms. The minimum Gasteiger partial charge on any atom is -0.492 e. The van der Waals surface area contributed by atoms with Gasteiger partial charge < -0.3 is 15.0 Å². The highest BCUT2D eigenvalue weighted by Crippen LogP contribution is 2.36. The first-order chi connectivity index (χ1) is 14.5. The van der Waals surface area contributed by atoms with Gasteiger partial charge in [-0.1, -0.05) is 52.2 Å². The molecule has 0 atom stereocenters. The number of aromatic nitrogens is 2. The number of hydrogen-bond acceptors (Lipinski definition) is 3. The minimum atomic E-state index is -1.73. The molecule has 3 aromatic rings. The summed E-state index contributed by atoms with van der Waals surface area (Å²) in [6, 6.07) is 6.28. The first-order valence-corrected chi connectivity index (χ1v) is 14.2. The second-order valence-electron chi connectivity index (χ2n) is 9.52. The Morgan fingerprint density at radius 1 is 1.29 bits per heavy atom. The van der Waals surface area contributed by atoms with Crippen LogP contribution in [0.1, 0.15) is 25.0 Å². The maximum Gasteiger partial charge on any atom is 0.247 e. The van der Waals surface area contributed by atoms with Crippen LogP contribution in [0.2, 0.25) is 19.6 Å². The number of carbonyl (C=O) groups excluding carboxylic acids is 1. The van der Waals surface area contributed by atoms with Crippen LogP contribution in [0.15, 0.2) is 37.1 Å². The van der Waals surface area contributed by atoms with Gasteiger partial charge in [0.2, 0.25) is 5.91 Å². The van der Waals surface area contributed by atoms with E-state index in [-0.39, 0.29) is 5.91 Å². The molecule has 2 N–H and O–H groups in total. The highest BCUT2D eigenvalue weighted by molar-refractivity contribution is 6.89. The van der Waals surface area contributed by atoms with E-state index in [9.17, 15) is 4.79 Å². The molecule has 1 aromatic carbocycles. The van der Waals surface area contributed by atoms with Crippen LogP contribution < -0.4 is 15.4 Å². The molecule has 0 saturated carbocycles. The summed E-state index contributed by atoms with van der Waals surface area (Å²) in [6.45, 7) is 19.5. The van der Waals surface area contributed by atoms with Gasteiger partial charge in [0.15, 0.2) is 0 Å². The highest BCUT2D eigenvalue weighted by atomic mass is 28.3. The Balaban J connectivity index is 2.26.